The van der Waals surface area contributed by atoms with Crippen molar-refractivity contribution in [1.29, 1.82) is 0 Å². The third-order valence-electron chi connectivity index (χ3n) is 4.13. The molecule has 0 amide bonds. The molecule has 2 aromatic rings. The first-order valence-corrected chi connectivity index (χ1v) is 8.37. The molecule has 0 saturated carbocycles. The number of aromatic amines is 1. The van der Waals surface area contributed by atoms with Crippen molar-refractivity contribution in [2.24, 2.45) is 0 Å². The topological polar surface area (TPSA) is 161 Å². The lowest BCUT2D eigenvalue weighted by atomic mass is 9.95. The van der Waals surface area contributed by atoms with Gasteiger partial charge >= 0.3 is 11.9 Å². The van der Waals surface area contributed by atoms with Gasteiger partial charge in [0.05, 0.1) is 19.8 Å². The monoisotopic (exact) mass is 390 g/mol. The van der Waals surface area contributed by atoms with Crippen molar-refractivity contribution < 1.29 is 34.0 Å². The molecule has 0 unspecified atom stereocenters. The van der Waals surface area contributed by atoms with E-state index in [1.54, 1.807) is 12.1 Å². The molecule has 1 aromatic carbocycles. The van der Waals surface area contributed by atoms with Gasteiger partial charge in [-0.3, -0.25) is 4.79 Å². The second kappa shape index (κ2) is 8.11. The van der Waals surface area contributed by atoms with E-state index in [0.29, 0.717) is 32.0 Å². The summed E-state index contributed by atoms with van der Waals surface area (Å²) in [5, 5.41) is 18.8. The van der Waals surface area contributed by atoms with Gasteiger partial charge in [-0.15, -0.1) is 0 Å². The molecule has 0 spiro atoms. The number of nitrogens with one attached hydrogen (secondary N) is 1. The van der Waals surface area contributed by atoms with E-state index in [1.807, 2.05) is 0 Å². The lowest BCUT2D eigenvalue weighted by molar-refractivity contribution is -0.0531. The van der Waals surface area contributed by atoms with E-state index in [4.69, 9.17) is 19.9 Å². The van der Waals surface area contributed by atoms with E-state index in [9.17, 15) is 24.6 Å². The molecule has 1 saturated heterocycles. The van der Waals surface area contributed by atoms with Gasteiger partial charge in [-0.1, -0.05) is 12.1 Å². The number of hydrogen-bond donors (Lipinski definition) is 4. The number of hydrogen-bond acceptors (Lipinski definition) is 7. The summed E-state index contributed by atoms with van der Waals surface area (Å²) in [5.74, 6) is -2.96. The van der Waals surface area contributed by atoms with Crippen molar-refractivity contribution in [3.63, 3.8) is 0 Å². The molecule has 28 heavy (non-hydrogen) atoms. The van der Waals surface area contributed by atoms with Gasteiger partial charge in [-0.2, -0.15) is 0 Å². The number of nitrogens with two attached hydrogens (primary N) is 1. The Morgan fingerprint density at radius 1 is 1.11 bits per heavy atom. The minimum absolute atomic E-state index is 0.211. The van der Waals surface area contributed by atoms with Crippen LogP contribution in [0.5, 0.6) is 5.75 Å². The average Bonchev–Trinajstić information content (AvgIpc) is 3.14. The summed E-state index contributed by atoms with van der Waals surface area (Å²) in [6, 6.07) is 6.01. The van der Waals surface area contributed by atoms with E-state index in [1.165, 1.54) is 12.1 Å². The molecular formula is C18H18N2O8. The molecule has 10 heteroatoms. The van der Waals surface area contributed by atoms with Crippen LogP contribution in [0.1, 0.15) is 27.1 Å². The summed E-state index contributed by atoms with van der Waals surface area (Å²) in [7, 11) is 0. The molecule has 1 fully saturated rings. The highest BCUT2D eigenvalue weighted by molar-refractivity contribution is 6.07. The van der Waals surface area contributed by atoms with Gasteiger partial charge in [0.2, 0.25) is 0 Å². The van der Waals surface area contributed by atoms with Crippen molar-refractivity contribution in [2.45, 2.75) is 12.7 Å². The number of nitrogen functional groups attached to an aromatic ring is 1. The minimum atomic E-state index is -1.56. The molecule has 0 bridgehead atoms. The van der Waals surface area contributed by atoms with Crippen LogP contribution in [-0.4, -0.2) is 53.2 Å². The number of benzene rings is 1. The van der Waals surface area contributed by atoms with Crippen LogP contribution in [0, 0.1) is 0 Å². The zero-order valence-electron chi connectivity index (χ0n) is 14.6. The maximum absolute atomic E-state index is 12.0. The Labute approximate surface area is 158 Å². The molecule has 2 heterocycles. The van der Waals surface area contributed by atoms with Crippen LogP contribution in [0.15, 0.2) is 29.1 Å². The summed E-state index contributed by atoms with van der Waals surface area (Å²) in [4.78, 5) is 37.2. The van der Waals surface area contributed by atoms with Gasteiger partial charge < -0.3 is 35.1 Å². The van der Waals surface area contributed by atoms with Crippen molar-refractivity contribution in [3.8, 4) is 16.9 Å². The molecule has 0 atom stereocenters. The predicted octanol–water partition coefficient (Wildman–Crippen LogP) is 1.16. The zero-order chi connectivity index (χ0) is 20.3. The van der Waals surface area contributed by atoms with Crippen LogP contribution in [0.3, 0.4) is 0 Å². The second-order valence-electron chi connectivity index (χ2n) is 5.94. The zero-order valence-corrected chi connectivity index (χ0v) is 14.6. The number of ether oxygens (including phenoxy) is 3. The molecular weight excluding hydrogens is 372 g/mol. The summed E-state index contributed by atoms with van der Waals surface area (Å²) < 4.78 is 16.2. The Morgan fingerprint density at radius 2 is 1.71 bits per heavy atom. The maximum Gasteiger partial charge on any atom is 0.342 e. The predicted molar refractivity (Wildman–Crippen MR) is 96.6 cm³/mol. The first-order chi connectivity index (χ1) is 13.4. The van der Waals surface area contributed by atoms with Crippen LogP contribution < -0.4 is 16.0 Å². The van der Waals surface area contributed by atoms with Gasteiger partial charge in [0.25, 0.3) is 5.56 Å². The molecule has 0 aliphatic carbocycles. The minimum Gasteiger partial charge on any atom is -0.493 e. The van der Waals surface area contributed by atoms with Gasteiger partial charge in [-0.05, 0) is 17.7 Å². The summed E-state index contributed by atoms with van der Waals surface area (Å²) in [5.41, 5.74) is 3.39. The number of pyridine rings is 1. The Balaban J connectivity index is 1.89. The molecule has 0 radical (unpaired) electrons. The number of aromatic nitrogens is 1. The maximum atomic E-state index is 12.0. The average molecular weight is 390 g/mol. The first kappa shape index (κ1) is 19.4. The summed E-state index contributed by atoms with van der Waals surface area (Å²) in [6.45, 7) is 1.44. The van der Waals surface area contributed by atoms with Crippen LogP contribution in [-0.2, 0) is 9.47 Å². The van der Waals surface area contributed by atoms with E-state index < -0.39 is 34.4 Å². The number of H-pyrrole nitrogens is 1. The highest BCUT2D eigenvalue weighted by Gasteiger charge is 2.26. The Hall–Kier alpha value is -3.37. The van der Waals surface area contributed by atoms with E-state index in [-0.39, 0.29) is 17.4 Å². The smallest absolute Gasteiger partial charge is 0.342 e. The fourth-order valence-corrected chi connectivity index (χ4v) is 2.90. The summed E-state index contributed by atoms with van der Waals surface area (Å²) in [6.07, 6.45) is 0.244. The molecule has 5 N–H and O–H groups in total. The van der Waals surface area contributed by atoms with E-state index in [0.717, 1.165) is 0 Å². The highest BCUT2D eigenvalue weighted by atomic mass is 16.7. The van der Waals surface area contributed by atoms with Crippen molar-refractivity contribution in [3.05, 3.63) is 45.7 Å². The fourth-order valence-electron chi connectivity index (χ4n) is 2.90. The van der Waals surface area contributed by atoms with Gasteiger partial charge in [0, 0.05) is 12.0 Å². The molecule has 1 aliphatic heterocycles. The molecule has 3 rings (SSSR count). The molecule has 1 aromatic heterocycles. The lowest BCUT2D eigenvalue weighted by Gasteiger charge is -2.13. The van der Waals surface area contributed by atoms with Crippen LogP contribution in [0.25, 0.3) is 11.1 Å². The van der Waals surface area contributed by atoms with Gasteiger partial charge in [0.15, 0.2) is 6.29 Å². The van der Waals surface area contributed by atoms with Gasteiger partial charge in [-0.25, -0.2) is 9.59 Å². The quantitative estimate of drug-likeness (QED) is 0.543. The number of carboxylic acids is 2. The first-order valence-electron chi connectivity index (χ1n) is 8.37. The summed E-state index contributed by atoms with van der Waals surface area (Å²) >= 11 is 0. The third kappa shape index (κ3) is 3.97. The molecule has 10 nitrogen and oxygen atoms in total. The van der Waals surface area contributed by atoms with Crippen LogP contribution in [0.4, 0.5) is 5.82 Å². The number of rotatable bonds is 7. The highest BCUT2D eigenvalue weighted by Crippen LogP contribution is 2.30. The lowest BCUT2D eigenvalue weighted by Crippen LogP contribution is -2.24. The Bertz CT molecular complexity index is 945. The molecule has 148 valence electrons. The van der Waals surface area contributed by atoms with Crippen molar-refractivity contribution in [2.75, 3.05) is 25.6 Å². The number of carboxylic acid groups (broad SMARTS) is 2. The fraction of sp³-hybridized carbons (Fsp3) is 0.278. The Morgan fingerprint density at radius 3 is 2.29 bits per heavy atom. The molecule has 1 aliphatic rings. The van der Waals surface area contributed by atoms with Crippen LogP contribution >= 0.6 is 0 Å². The van der Waals surface area contributed by atoms with Gasteiger partial charge in [0.1, 0.15) is 22.7 Å². The standard InChI is InChI=1S/C18H18N2O8/c19-15-13(17(22)23)12(14(18(24)25)16(21)20-15)9-1-3-10(4-2-9)26-6-5-11-27-7-8-28-11/h1-4,11H,5-8H2,(H,22,23)(H,24,25)(H3,19,20,21). The van der Waals surface area contributed by atoms with Crippen LogP contribution in [0.2, 0.25) is 0 Å². The number of aromatic carboxylic acids is 2. The largest absolute Gasteiger partial charge is 0.493 e. The van der Waals surface area contributed by atoms with Crippen molar-refractivity contribution >= 4 is 17.8 Å². The van der Waals surface area contributed by atoms with Crippen molar-refractivity contribution in [1.82, 2.24) is 4.98 Å². The Kier molecular flexibility index (Phi) is 5.62. The van der Waals surface area contributed by atoms with E-state index >= 15 is 0 Å². The van der Waals surface area contributed by atoms with E-state index in [2.05, 4.69) is 4.98 Å². The SMILES string of the molecule is Nc1[nH]c(=O)c(C(=O)O)c(-c2ccc(OCCC3OCCO3)cc2)c1C(=O)O. The third-order valence-corrected chi connectivity index (χ3v) is 4.13. The second-order valence-corrected chi connectivity index (χ2v) is 5.94. The normalized spacial score (nSPS) is 14.1. The number of anilines is 1. The number of carbonyl (C=O) groups is 2.